The highest BCUT2D eigenvalue weighted by Gasteiger charge is 2.55. The standard InChI is InChI=1S/C17H21NO3/c1-4-14-7-9-15(10-8-14)17-19-11-16(12-20-17,13-21-17)18(5-2)6-3/h1,7-10H,5-6,11-13H2,2-3H3. The first kappa shape index (κ1) is 14.6. The Bertz CT molecular complexity index is 518. The van der Waals surface area contributed by atoms with Crippen LogP contribution in [0.5, 0.6) is 0 Å². The van der Waals surface area contributed by atoms with Crippen LogP contribution in [0.15, 0.2) is 24.3 Å². The highest BCUT2D eigenvalue weighted by Crippen LogP contribution is 2.42. The SMILES string of the molecule is C#Cc1ccc(C23OCC(N(CC)CC)(CO2)CO3)cc1. The van der Waals surface area contributed by atoms with Crippen LogP contribution in [0.2, 0.25) is 0 Å². The molecule has 0 radical (unpaired) electrons. The highest BCUT2D eigenvalue weighted by molar-refractivity contribution is 5.35. The molecule has 0 aliphatic carbocycles. The van der Waals surface area contributed by atoms with Gasteiger partial charge in [0.15, 0.2) is 0 Å². The highest BCUT2D eigenvalue weighted by atomic mass is 16.9. The van der Waals surface area contributed by atoms with Gasteiger partial charge >= 0.3 is 5.97 Å². The quantitative estimate of drug-likeness (QED) is 0.792. The topological polar surface area (TPSA) is 30.9 Å². The Kier molecular flexibility index (Phi) is 3.76. The summed E-state index contributed by atoms with van der Waals surface area (Å²) in [6, 6.07) is 7.57. The van der Waals surface area contributed by atoms with Crippen LogP contribution in [0.3, 0.4) is 0 Å². The Morgan fingerprint density at radius 3 is 2.00 bits per heavy atom. The lowest BCUT2D eigenvalue weighted by Crippen LogP contribution is -2.69. The van der Waals surface area contributed by atoms with Crippen molar-refractivity contribution in [3.63, 3.8) is 0 Å². The van der Waals surface area contributed by atoms with Crippen molar-refractivity contribution in [3.8, 4) is 12.3 Å². The van der Waals surface area contributed by atoms with Gasteiger partial charge in [0.1, 0.15) is 0 Å². The van der Waals surface area contributed by atoms with E-state index in [9.17, 15) is 0 Å². The number of benzene rings is 1. The number of ether oxygens (including phenoxy) is 3. The van der Waals surface area contributed by atoms with Crippen molar-refractivity contribution in [2.24, 2.45) is 0 Å². The smallest absolute Gasteiger partial charge is 0.312 e. The van der Waals surface area contributed by atoms with Crippen molar-refractivity contribution in [1.29, 1.82) is 0 Å². The third-order valence-electron chi connectivity index (χ3n) is 4.43. The molecule has 1 aromatic rings. The van der Waals surface area contributed by atoms with Gasteiger partial charge in [-0.3, -0.25) is 4.90 Å². The fourth-order valence-corrected chi connectivity index (χ4v) is 3.13. The number of hydrogen-bond donors (Lipinski definition) is 0. The van der Waals surface area contributed by atoms with Gasteiger partial charge in [0.05, 0.1) is 25.4 Å². The Morgan fingerprint density at radius 1 is 1.05 bits per heavy atom. The van der Waals surface area contributed by atoms with Crippen LogP contribution in [-0.4, -0.2) is 43.3 Å². The Morgan fingerprint density at radius 2 is 1.57 bits per heavy atom. The molecular weight excluding hydrogens is 266 g/mol. The molecule has 4 heteroatoms. The molecule has 3 heterocycles. The Hall–Kier alpha value is -1.38. The molecule has 4 rings (SSSR count). The van der Waals surface area contributed by atoms with E-state index >= 15 is 0 Å². The summed E-state index contributed by atoms with van der Waals surface area (Å²) in [5, 5.41) is 0. The van der Waals surface area contributed by atoms with Crippen molar-refractivity contribution in [2.75, 3.05) is 32.9 Å². The predicted octanol–water partition coefficient (Wildman–Crippen LogP) is 1.94. The van der Waals surface area contributed by atoms with Crippen LogP contribution < -0.4 is 0 Å². The molecule has 2 bridgehead atoms. The normalized spacial score (nSPS) is 31.3. The van der Waals surface area contributed by atoms with Gasteiger partial charge in [0, 0.05) is 11.1 Å². The number of terminal acetylenes is 1. The summed E-state index contributed by atoms with van der Waals surface area (Å²) in [4.78, 5) is 2.34. The largest absolute Gasteiger partial charge is 0.321 e. The molecule has 1 aromatic carbocycles. The molecule has 4 nitrogen and oxygen atoms in total. The number of hydrogen-bond acceptors (Lipinski definition) is 4. The molecule has 21 heavy (non-hydrogen) atoms. The maximum Gasteiger partial charge on any atom is 0.312 e. The van der Waals surface area contributed by atoms with E-state index in [0.29, 0.717) is 19.8 Å². The van der Waals surface area contributed by atoms with Crippen molar-refractivity contribution in [3.05, 3.63) is 35.4 Å². The van der Waals surface area contributed by atoms with E-state index in [2.05, 4.69) is 24.7 Å². The van der Waals surface area contributed by atoms with Gasteiger partial charge in [-0.2, -0.15) is 0 Å². The molecule has 0 spiro atoms. The number of nitrogens with zero attached hydrogens (tertiary/aromatic N) is 1. The van der Waals surface area contributed by atoms with Gasteiger partial charge < -0.3 is 14.2 Å². The van der Waals surface area contributed by atoms with Crippen LogP contribution in [-0.2, 0) is 20.2 Å². The molecule has 0 atom stereocenters. The van der Waals surface area contributed by atoms with Gasteiger partial charge in [0.25, 0.3) is 0 Å². The number of fused-ring (bicyclic) bond motifs is 3. The van der Waals surface area contributed by atoms with Gasteiger partial charge in [-0.05, 0) is 37.4 Å². The van der Waals surface area contributed by atoms with Crippen LogP contribution >= 0.6 is 0 Å². The lowest BCUT2D eigenvalue weighted by Gasteiger charge is -2.55. The lowest BCUT2D eigenvalue weighted by molar-refractivity contribution is -0.476. The summed E-state index contributed by atoms with van der Waals surface area (Å²) < 4.78 is 17.9. The molecule has 3 aliphatic heterocycles. The molecule has 0 N–H and O–H groups in total. The second kappa shape index (κ2) is 5.43. The molecule has 0 unspecified atom stereocenters. The third-order valence-corrected chi connectivity index (χ3v) is 4.43. The third kappa shape index (κ3) is 2.27. The van der Waals surface area contributed by atoms with Gasteiger partial charge in [-0.1, -0.05) is 19.8 Å². The van der Waals surface area contributed by atoms with Gasteiger partial charge in [-0.25, -0.2) is 0 Å². The first-order valence-corrected chi connectivity index (χ1v) is 7.42. The summed E-state index contributed by atoms with van der Waals surface area (Å²) in [6.07, 6.45) is 5.38. The minimum absolute atomic E-state index is 0.163. The lowest BCUT2D eigenvalue weighted by atomic mass is 9.96. The van der Waals surface area contributed by atoms with Gasteiger partial charge in [-0.15, -0.1) is 6.42 Å². The van der Waals surface area contributed by atoms with Crippen molar-refractivity contribution < 1.29 is 14.2 Å². The average Bonchev–Trinajstić information content (AvgIpc) is 2.57. The summed E-state index contributed by atoms with van der Waals surface area (Å²) in [7, 11) is 0. The van der Waals surface area contributed by atoms with E-state index in [1.54, 1.807) is 0 Å². The molecule has 112 valence electrons. The van der Waals surface area contributed by atoms with E-state index in [0.717, 1.165) is 24.2 Å². The molecule has 0 amide bonds. The zero-order valence-corrected chi connectivity index (χ0v) is 12.6. The molecule has 3 aliphatic rings. The summed E-state index contributed by atoms with van der Waals surface area (Å²) >= 11 is 0. The number of rotatable bonds is 4. The molecule has 0 aromatic heterocycles. The van der Waals surface area contributed by atoms with E-state index in [1.165, 1.54) is 0 Å². The van der Waals surface area contributed by atoms with E-state index < -0.39 is 5.97 Å². The fourth-order valence-electron chi connectivity index (χ4n) is 3.13. The van der Waals surface area contributed by atoms with E-state index in [-0.39, 0.29) is 5.54 Å². The van der Waals surface area contributed by atoms with Crippen LogP contribution in [0.25, 0.3) is 0 Å². The van der Waals surface area contributed by atoms with Gasteiger partial charge in [0.2, 0.25) is 0 Å². The predicted molar refractivity (Wildman–Crippen MR) is 79.6 cm³/mol. The fraction of sp³-hybridized carbons (Fsp3) is 0.529. The zero-order valence-electron chi connectivity index (χ0n) is 12.6. The summed E-state index contributed by atoms with van der Waals surface area (Å²) in [5.74, 6) is 1.54. The first-order chi connectivity index (χ1) is 10.2. The van der Waals surface area contributed by atoms with E-state index in [1.807, 2.05) is 24.3 Å². The molecule has 3 fully saturated rings. The minimum Gasteiger partial charge on any atom is -0.321 e. The molecule has 0 saturated carbocycles. The van der Waals surface area contributed by atoms with Crippen molar-refractivity contribution >= 4 is 0 Å². The molecule has 3 saturated heterocycles. The van der Waals surface area contributed by atoms with Crippen LogP contribution in [0.1, 0.15) is 25.0 Å². The minimum atomic E-state index is -1.07. The molecular formula is C17H21NO3. The van der Waals surface area contributed by atoms with Crippen LogP contribution in [0.4, 0.5) is 0 Å². The average molecular weight is 287 g/mol. The maximum atomic E-state index is 5.97. The second-order valence-corrected chi connectivity index (χ2v) is 5.54. The second-order valence-electron chi connectivity index (χ2n) is 5.54. The first-order valence-electron chi connectivity index (χ1n) is 7.42. The monoisotopic (exact) mass is 287 g/mol. The number of likely N-dealkylation sites (N-methyl/N-ethyl adjacent to an activating group) is 1. The van der Waals surface area contributed by atoms with Crippen LogP contribution in [0, 0.1) is 12.3 Å². The van der Waals surface area contributed by atoms with Crippen molar-refractivity contribution in [2.45, 2.75) is 25.4 Å². The zero-order chi connectivity index (χ0) is 14.9. The summed E-state index contributed by atoms with van der Waals surface area (Å²) in [6.45, 7) is 8.05. The Balaban J connectivity index is 1.81. The Labute approximate surface area is 126 Å². The maximum absolute atomic E-state index is 5.97. The van der Waals surface area contributed by atoms with E-state index in [4.69, 9.17) is 20.6 Å². The van der Waals surface area contributed by atoms with Crippen molar-refractivity contribution in [1.82, 2.24) is 4.90 Å². The summed E-state index contributed by atoms with van der Waals surface area (Å²) in [5.41, 5.74) is 1.53.